The molecule has 1 saturated heterocycles. The van der Waals surface area contributed by atoms with Crippen molar-refractivity contribution in [2.75, 3.05) is 6.54 Å². The van der Waals surface area contributed by atoms with Crippen LogP contribution in [0.25, 0.3) is 0 Å². The average Bonchev–Trinajstić information content (AvgIpc) is 3.10. The summed E-state index contributed by atoms with van der Waals surface area (Å²) in [6.45, 7) is 5.43. The number of amides is 1. The van der Waals surface area contributed by atoms with E-state index in [2.05, 4.69) is 24.1 Å². The fourth-order valence-electron chi connectivity index (χ4n) is 2.95. The average molecular weight is 222 g/mol. The molecule has 3 nitrogen and oxygen atoms in total. The van der Waals surface area contributed by atoms with Crippen molar-refractivity contribution in [3.63, 3.8) is 0 Å². The van der Waals surface area contributed by atoms with Crippen molar-refractivity contribution in [1.82, 2.24) is 10.2 Å². The number of hydrogen-bond donors (Lipinski definition) is 1. The third kappa shape index (κ3) is 1.75. The van der Waals surface area contributed by atoms with E-state index in [1.807, 2.05) is 0 Å². The largest absolute Gasteiger partial charge is 0.336 e. The van der Waals surface area contributed by atoms with Crippen LogP contribution >= 0.6 is 0 Å². The summed E-state index contributed by atoms with van der Waals surface area (Å²) in [4.78, 5) is 14.4. The summed E-state index contributed by atoms with van der Waals surface area (Å²) >= 11 is 0. The molecule has 0 spiro atoms. The molecule has 0 aromatic rings. The fraction of sp³-hybridized carbons (Fsp3) is 0.923. The lowest BCUT2D eigenvalue weighted by Crippen LogP contribution is -2.50. The molecule has 3 rings (SSSR count). The molecule has 0 radical (unpaired) electrons. The van der Waals surface area contributed by atoms with Crippen molar-refractivity contribution in [2.45, 2.75) is 63.6 Å². The molecule has 3 heteroatoms. The SMILES string of the molecule is CC(C)(C1CC1)N1CCC(NC2CC2)C1=O. The van der Waals surface area contributed by atoms with Gasteiger partial charge in [-0.3, -0.25) is 4.79 Å². The van der Waals surface area contributed by atoms with Crippen LogP contribution < -0.4 is 5.32 Å². The van der Waals surface area contributed by atoms with E-state index in [1.165, 1.54) is 25.7 Å². The number of rotatable bonds is 4. The fourth-order valence-corrected chi connectivity index (χ4v) is 2.95. The molecule has 1 aliphatic heterocycles. The maximum absolute atomic E-state index is 12.3. The van der Waals surface area contributed by atoms with E-state index < -0.39 is 0 Å². The molecule has 1 amide bonds. The van der Waals surface area contributed by atoms with Crippen molar-refractivity contribution in [2.24, 2.45) is 5.92 Å². The molecule has 1 atom stereocenters. The van der Waals surface area contributed by atoms with Gasteiger partial charge in [0.05, 0.1) is 6.04 Å². The highest BCUT2D eigenvalue weighted by Crippen LogP contribution is 2.44. The van der Waals surface area contributed by atoms with Gasteiger partial charge in [0.1, 0.15) is 0 Å². The predicted octanol–water partition coefficient (Wildman–Crippen LogP) is 1.53. The Kier molecular flexibility index (Phi) is 2.29. The molecule has 0 bridgehead atoms. The lowest BCUT2D eigenvalue weighted by molar-refractivity contribution is -0.134. The minimum Gasteiger partial charge on any atom is -0.336 e. The van der Waals surface area contributed by atoms with Crippen LogP contribution in [0.15, 0.2) is 0 Å². The summed E-state index contributed by atoms with van der Waals surface area (Å²) in [5.41, 5.74) is 0.0943. The van der Waals surface area contributed by atoms with Crippen LogP contribution in [0.5, 0.6) is 0 Å². The minimum absolute atomic E-state index is 0.0943. The molecule has 3 aliphatic rings. The van der Waals surface area contributed by atoms with Gasteiger partial charge >= 0.3 is 0 Å². The van der Waals surface area contributed by atoms with Gasteiger partial charge in [-0.25, -0.2) is 0 Å². The molecular formula is C13H22N2O. The summed E-state index contributed by atoms with van der Waals surface area (Å²) in [5.74, 6) is 1.10. The summed E-state index contributed by atoms with van der Waals surface area (Å²) in [6.07, 6.45) is 6.13. The van der Waals surface area contributed by atoms with Crippen LogP contribution in [0.1, 0.15) is 46.0 Å². The van der Waals surface area contributed by atoms with E-state index in [0.29, 0.717) is 11.9 Å². The number of carbonyl (C=O) groups is 1. The zero-order valence-corrected chi connectivity index (χ0v) is 10.3. The highest BCUT2D eigenvalue weighted by atomic mass is 16.2. The lowest BCUT2D eigenvalue weighted by atomic mass is 9.96. The number of nitrogens with zero attached hydrogens (tertiary/aromatic N) is 1. The Balaban J connectivity index is 1.66. The topological polar surface area (TPSA) is 32.3 Å². The van der Waals surface area contributed by atoms with Crippen LogP contribution in [-0.4, -0.2) is 35.0 Å². The van der Waals surface area contributed by atoms with Crippen molar-refractivity contribution >= 4 is 5.91 Å². The molecule has 90 valence electrons. The molecule has 1 N–H and O–H groups in total. The Hall–Kier alpha value is -0.570. The smallest absolute Gasteiger partial charge is 0.240 e. The third-order valence-corrected chi connectivity index (χ3v) is 4.49. The highest BCUT2D eigenvalue weighted by Gasteiger charge is 2.48. The first-order valence-corrected chi connectivity index (χ1v) is 6.66. The van der Waals surface area contributed by atoms with E-state index >= 15 is 0 Å². The Morgan fingerprint density at radius 3 is 2.44 bits per heavy atom. The summed E-state index contributed by atoms with van der Waals surface area (Å²) in [6, 6.07) is 0.753. The number of hydrogen-bond acceptors (Lipinski definition) is 2. The zero-order valence-electron chi connectivity index (χ0n) is 10.3. The van der Waals surface area contributed by atoms with Crippen molar-refractivity contribution in [1.29, 1.82) is 0 Å². The van der Waals surface area contributed by atoms with Crippen molar-refractivity contribution in [3.8, 4) is 0 Å². The summed E-state index contributed by atoms with van der Waals surface area (Å²) in [7, 11) is 0. The van der Waals surface area contributed by atoms with Gasteiger partial charge < -0.3 is 10.2 Å². The lowest BCUT2D eigenvalue weighted by Gasteiger charge is -2.36. The van der Waals surface area contributed by atoms with Crippen molar-refractivity contribution in [3.05, 3.63) is 0 Å². The molecule has 0 aromatic carbocycles. The second-order valence-corrected chi connectivity index (χ2v) is 6.20. The predicted molar refractivity (Wildman–Crippen MR) is 63.1 cm³/mol. The second kappa shape index (κ2) is 3.46. The van der Waals surface area contributed by atoms with Gasteiger partial charge in [-0.05, 0) is 51.9 Å². The number of likely N-dealkylation sites (tertiary alicyclic amines) is 1. The Morgan fingerprint density at radius 2 is 1.88 bits per heavy atom. The second-order valence-electron chi connectivity index (χ2n) is 6.20. The van der Waals surface area contributed by atoms with Crippen LogP contribution in [0.2, 0.25) is 0 Å². The summed E-state index contributed by atoms with van der Waals surface area (Å²) in [5, 5.41) is 3.47. The molecule has 2 aliphatic carbocycles. The highest BCUT2D eigenvalue weighted by molar-refractivity contribution is 5.84. The van der Waals surface area contributed by atoms with E-state index in [1.54, 1.807) is 0 Å². The Morgan fingerprint density at radius 1 is 1.19 bits per heavy atom. The quantitative estimate of drug-likeness (QED) is 0.782. The van der Waals surface area contributed by atoms with E-state index in [-0.39, 0.29) is 11.6 Å². The Labute approximate surface area is 97.6 Å². The van der Waals surface area contributed by atoms with Gasteiger partial charge in [0, 0.05) is 18.1 Å². The number of nitrogens with one attached hydrogen (secondary N) is 1. The Bertz CT molecular complexity index is 305. The van der Waals surface area contributed by atoms with Gasteiger partial charge in [-0.15, -0.1) is 0 Å². The van der Waals surface area contributed by atoms with E-state index in [4.69, 9.17) is 0 Å². The maximum atomic E-state index is 12.3. The molecule has 16 heavy (non-hydrogen) atoms. The van der Waals surface area contributed by atoms with E-state index in [0.717, 1.165) is 18.9 Å². The van der Waals surface area contributed by atoms with Gasteiger partial charge in [-0.2, -0.15) is 0 Å². The molecular weight excluding hydrogens is 200 g/mol. The zero-order chi connectivity index (χ0) is 11.3. The van der Waals surface area contributed by atoms with Crippen LogP contribution in [0.3, 0.4) is 0 Å². The van der Waals surface area contributed by atoms with Crippen LogP contribution in [0, 0.1) is 5.92 Å². The standard InChI is InChI=1S/C13H22N2O/c1-13(2,9-3-4-9)15-8-7-11(12(15)16)14-10-5-6-10/h9-11,14H,3-8H2,1-2H3. The minimum atomic E-state index is 0.0943. The first kappa shape index (κ1) is 10.6. The van der Waals surface area contributed by atoms with E-state index in [9.17, 15) is 4.79 Å². The monoisotopic (exact) mass is 222 g/mol. The molecule has 1 heterocycles. The van der Waals surface area contributed by atoms with Gasteiger partial charge in [0.15, 0.2) is 0 Å². The van der Waals surface area contributed by atoms with Crippen LogP contribution in [0.4, 0.5) is 0 Å². The first-order chi connectivity index (χ1) is 7.59. The van der Waals surface area contributed by atoms with Gasteiger partial charge in [0.25, 0.3) is 0 Å². The van der Waals surface area contributed by atoms with Gasteiger partial charge in [-0.1, -0.05) is 0 Å². The molecule has 3 fully saturated rings. The molecule has 0 aromatic heterocycles. The maximum Gasteiger partial charge on any atom is 0.240 e. The summed E-state index contributed by atoms with van der Waals surface area (Å²) < 4.78 is 0. The third-order valence-electron chi connectivity index (χ3n) is 4.49. The van der Waals surface area contributed by atoms with Crippen molar-refractivity contribution < 1.29 is 4.79 Å². The molecule has 1 unspecified atom stereocenters. The number of carbonyl (C=O) groups excluding carboxylic acids is 1. The molecule has 2 saturated carbocycles. The first-order valence-electron chi connectivity index (χ1n) is 6.66. The normalized spacial score (nSPS) is 31.2. The van der Waals surface area contributed by atoms with Gasteiger partial charge in [0.2, 0.25) is 5.91 Å². The van der Waals surface area contributed by atoms with Crippen LogP contribution in [-0.2, 0) is 4.79 Å².